The lowest BCUT2D eigenvalue weighted by Gasteiger charge is -2.23. The van der Waals surface area contributed by atoms with Gasteiger partial charge in [-0.3, -0.25) is 4.79 Å². The maximum atomic E-state index is 11.5. The zero-order chi connectivity index (χ0) is 11.4. The van der Waals surface area contributed by atoms with Crippen LogP contribution in [0.4, 0.5) is 0 Å². The molecule has 0 unspecified atom stereocenters. The number of hydrogen-bond acceptors (Lipinski definition) is 3. The third-order valence-electron chi connectivity index (χ3n) is 1.50. The molecule has 0 aliphatic heterocycles. The molecule has 0 rings (SSSR count). The summed E-state index contributed by atoms with van der Waals surface area (Å²) in [6.07, 6.45) is 0. The van der Waals surface area contributed by atoms with Gasteiger partial charge in [-0.05, 0) is 13.8 Å². The van der Waals surface area contributed by atoms with Crippen molar-refractivity contribution in [2.24, 2.45) is 0 Å². The average Bonchev–Trinajstić information content (AvgIpc) is 1.99. The van der Waals surface area contributed by atoms with Crippen molar-refractivity contribution in [3.8, 4) is 0 Å². The minimum atomic E-state index is -3.66. The number of aliphatic carboxylic acids is 1. The van der Waals surface area contributed by atoms with Crippen LogP contribution < -0.4 is 4.72 Å². The normalized spacial score (nSPS) is 12.4. The second-order valence-electron chi connectivity index (χ2n) is 3.04. The molecule has 0 amide bonds. The van der Waals surface area contributed by atoms with Crippen molar-refractivity contribution < 1.29 is 18.3 Å². The van der Waals surface area contributed by atoms with Crippen molar-refractivity contribution in [3.63, 3.8) is 0 Å². The molecule has 14 heavy (non-hydrogen) atoms. The molecule has 0 bridgehead atoms. The Bertz CT molecular complexity index is 286. The highest BCUT2D eigenvalue weighted by Gasteiger charge is 2.25. The number of carbonyl (C=O) groups is 1. The molecule has 0 aromatic rings. The van der Waals surface area contributed by atoms with Crippen molar-refractivity contribution in [2.75, 3.05) is 13.1 Å². The minimum Gasteiger partial charge on any atom is -0.480 e. The van der Waals surface area contributed by atoms with Crippen molar-refractivity contribution in [2.45, 2.75) is 26.8 Å². The van der Waals surface area contributed by atoms with Crippen molar-refractivity contribution in [3.05, 3.63) is 0 Å². The first-order valence-corrected chi connectivity index (χ1v) is 5.73. The maximum Gasteiger partial charge on any atom is 0.318 e. The first kappa shape index (κ1) is 13.3. The van der Waals surface area contributed by atoms with E-state index in [0.717, 1.165) is 4.31 Å². The molecule has 84 valence electrons. The number of nitrogens with zero attached hydrogens (tertiary/aromatic N) is 1. The lowest BCUT2D eigenvalue weighted by atomic mass is 10.4. The van der Waals surface area contributed by atoms with Crippen LogP contribution in [0.3, 0.4) is 0 Å². The van der Waals surface area contributed by atoms with Crippen LogP contribution in [0, 0.1) is 0 Å². The van der Waals surface area contributed by atoms with E-state index in [4.69, 9.17) is 5.11 Å². The van der Waals surface area contributed by atoms with E-state index in [2.05, 4.69) is 4.72 Å². The Labute approximate surface area is 84.1 Å². The van der Waals surface area contributed by atoms with E-state index in [1.807, 2.05) is 0 Å². The molecule has 0 heterocycles. The van der Waals surface area contributed by atoms with Gasteiger partial charge in [0.25, 0.3) is 10.2 Å². The van der Waals surface area contributed by atoms with Crippen LogP contribution in [0.2, 0.25) is 0 Å². The van der Waals surface area contributed by atoms with Crippen LogP contribution in [0.25, 0.3) is 0 Å². The molecular formula is C7H16N2O4S. The summed E-state index contributed by atoms with van der Waals surface area (Å²) < 4.78 is 26.1. The van der Waals surface area contributed by atoms with E-state index in [-0.39, 0.29) is 12.6 Å². The number of hydrogen-bond donors (Lipinski definition) is 2. The smallest absolute Gasteiger partial charge is 0.318 e. The Hall–Kier alpha value is -0.660. The molecule has 0 radical (unpaired) electrons. The number of nitrogens with one attached hydrogen (secondary N) is 1. The predicted octanol–water partition coefficient (Wildman–Crippen LogP) is -0.364. The molecule has 0 spiro atoms. The van der Waals surface area contributed by atoms with Gasteiger partial charge in [-0.2, -0.15) is 12.7 Å². The van der Waals surface area contributed by atoms with Crippen molar-refractivity contribution >= 4 is 16.2 Å². The highest BCUT2D eigenvalue weighted by molar-refractivity contribution is 7.87. The topological polar surface area (TPSA) is 86.7 Å². The van der Waals surface area contributed by atoms with E-state index in [1.54, 1.807) is 20.8 Å². The molecule has 7 heteroatoms. The van der Waals surface area contributed by atoms with Crippen LogP contribution in [0.5, 0.6) is 0 Å². The van der Waals surface area contributed by atoms with Crippen LogP contribution in [-0.2, 0) is 15.0 Å². The van der Waals surface area contributed by atoms with Crippen molar-refractivity contribution in [1.29, 1.82) is 0 Å². The lowest BCUT2D eigenvalue weighted by molar-refractivity contribution is -0.137. The maximum absolute atomic E-state index is 11.5. The third-order valence-corrected chi connectivity index (χ3v) is 3.32. The summed E-state index contributed by atoms with van der Waals surface area (Å²) in [5, 5.41) is 8.53. The zero-order valence-corrected chi connectivity index (χ0v) is 9.34. The van der Waals surface area contributed by atoms with Gasteiger partial charge in [0.05, 0.1) is 0 Å². The molecule has 0 aromatic heterocycles. The predicted molar refractivity (Wildman–Crippen MR) is 52.1 cm³/mol. The van der Waals surface area contributed by atoms with Crippen LogP contribution >= 0.6 is 0 Å². The molecule has 0 aliphatic rings. The Morgan fingerprint density at radius 2 is 2.00 bits per heavy atom. The van der Waals surface area contributed by atoms with Gasteiger partial charge in [0.2, 0.25) is 0 Å². The second kappa shape index (κ2) is 5.28. The van der Waals surface area contributed by atoms with Gasteiger partial charge < -0.3 is 5.11 Å². The molecule has 2 N–H and O–H groups in total. The Kier molecular flexibility index (Phi) is 5.03. The van der Waals surface area contributed by atoms with E-state index >= 15 is 0 Å². The van der Waals surface area contributed by atoms with E-state index in [0.29, 0.717) is 0 Å². The summed E-state index contributed by atoms with van der Waals surface area (Å²) in [7, 11) is -3.66. The monoisotopic (exact) mass is 224 g/mol. The Morgan fingerprint density at radius 3 is 2.29 bits per heavy atom. The van der Waals surface area contributed by atoms with E-state index in [1.165, 1.54) is 0 Å². The summed E-state index contributed by atoms with van der Waals surface area (Å²) in [5.41, 5.74) is 0. The Morgan fingerprint density at radius 1 is 1.50 bits per heavy atom. The summed E-state index contributed by atoms with van der Waals surface area (Å²) >= 11 is 0. The van der Waals surface area contributed by atoms with Gasteiger partial charge in [-0.25, -0.2) is 4.72 Å². The van der Waals surface area contributed by atoms with Gasteiger partial charge in [0.15, 0.2) is 0 Å². The van der Waals surface area contributed by atoms with E-state index in [9.17, 15) is 13.2 Å². The van der Waals surface area contributed by atoms with Gasteiger partial charge in [0.1, 0.15) is 6.54 Å². The number of carboxylic acid groups (broad SMARTS) is 1. The fourth-order valence-corrected chi connectivity index (χ4v) is 2.31. The first-order chi connectivity index (χ1) is 6.31. The molecule has 0 aliphatic carbocycles. The summed E-state index contributed by atoms with van der Waals surface area (Å²) in [5.74, 6) is -1.17. The molecule has 0 saturated carbocycles. The molecule has 0 saturated heterocycles. The van der Waals surface area contributed by atoms with Gasteiger partial charge in [-0.15, -0.1) is 0 Å². The average molecular weight is 224 g/mol. The van der Waals surface area contributed by atoms with Gasteiger partial charge >= 0.3 is 5.97 Å². The first-order valence-electron chi connectivity index (χ1n) is 4.29. The molecule has 0 fully saturated rings. The second-order valence-corrected chi connectivity index (χ2v) is 4.74. The summed E-state index contributed by atoms with van der Waals surface area (Å²) in [4.78, 5) is 10.4. The fourth-order valence-electron chi connectivity index (χ4n) is 0.944. The molecular weight excluding hydrogens is 208 g/mol. The molecule has 6 nitrogen and oxygen atoms in total. The van der Waals surface area contributed by atoms with Gasteiger partial charge in [0, 0.05) is 12.6 Å². The van der Waals surface area contributed by atoms with Crippen LogP contribution in [0.1, 0.15) is 20.8 Å². The van der Waals surface area contributed by atoms with Gasteiger partial charge in [-0.1, -0.05) is 6.92 Å². The Balaban J connectivity index is 4.73. The van der Waals surface area contributed by atoms with Crippen molar-refractivity contribution in [1.82, 2.24) is 9.03 Å². The standard InChI is InChI=1S/C7H16N2O4S/c1-4-8-14(12,13)9(6(2)3)5-7(10)11/h6,8H,4-5H2,1-3H3,(H,10,11). The molecule has 0 aromatic carbocycles. The zero-order valence-electron chi connectivity index (χ0n) is 8.52. The number of rotatable bonds is 6. The molecule has 0 atom stereocenters. The largest absolute Gasteiger partial charge is 0.480 e. The minimum absolute atomic E-state index is 0.241. The quantitative estimate of drug-likeness (QED) is 0.645. The number of carboxylic acids is 1. The van der Waals surface area contributed by atoms with Crippen LogP contribution in [0.15, 0.2) is 0 Å². The fraction of sp³-hybridized carbons (Fsp3) is 0.857. The SMILES string of the molecule is CCNS(=O)(=O)N(CC(=O)O)C(C)C. The van der Waals surface area contributed by atoms with E-state index < -0.39 is 22.7 Å². The van der Waals surface area contributed by atoms with Crippen LogP contribution in [-0.4, -0.2) is 42.9 Å². The summed E-state index contributed by atoms with van der Waals surface area (Å²) in [6.45, 7) is 4.60. The lowest BCUT2D eigenvalue weighted by Crippen LogP contribution is -2.46. The highest BCUT2D eigenvalue weighted by Crippen LogP contribution is 2.03. The highest BCUT2D eigenvalue weighted by atomic mass is 32.2. The summed E-state index contributed by atoms with van der Waals surface area (Å²) in [6, 6.07) is -0.379. The third kappa shape index (κ3) is 4.03.